The molecular formula is C13H31NO4. The lowest BCUT2D eigenvalue weighted by Gasteiger charge is -1.89. The molecule has 0 aromatic rings. The summed E-state index contributed by atoms with van der Waals surface area (Å²) in [5.74, 6) is -0.0440. The quantitative estimate of drug-likeness (QED) is 0.761. The van der Waals surface area contributed by atoms with Crippen LogP contribution in [0.3, 0.4) is 0 Å². The highest BCUT2D eigenvalue weighted by molar-refractivity contribution is 5.72. The summed E-state index contributed by atoms with van der Waals surface area (Å²) >= 11 is 0. The smallest absolute Gasteiger partial charge is 0.302 e. The van der Waals surface area contributed by atoms with E-state index in [1.165, 1.54) is 20.8 Å². The minimum Gasteiger partial charge on any atom is -0.466 e. The van der Waals surface area contributed by atoms with E-state index in [0.29, 0.717) is 6.61 Å². The molecular weight excluding hydrogens is 234 g/mol. The van der Waals surface area contributed by atoms with E-state index in [1.807, 2.05) is 0 Å². The number of rotatable bonds is 3. The topological polar surface area (TPSA) is 75.6 Å². The first-order valence-electron chi connectivity index (χ1n) is 6.25. The molecule has 0 fully saturated rings. The van der Waals surface area contributed by atoms with Crippen molar-refractivity contribution in [3.8, 4) is 0 Å². The molecule has 0 aliphatic heterocycles. The van der Waals surface area contributed by atoms with Crippen molar-refractivity contribution in [1.82, 2.24) is 5.32 Å². The molecule has 0 heterocycles. The van der Waals surface area contributed by atoms with Crippen LogP contribution in [0.1, 0.15) is 48.5 Å². The second-order valence-electron chi connectivity index (χ2n) is 3.11. The van der Waals surface area contributed by atoms with Gasteiger partial charge in [-0.15, -0.1) is 0 Å². The number of ketones is 1. The standard InChI is InChI=1S/C4H11N.C4H8O2.C3H6O.C2H6O/c1-3-5-4-2;1-3-6-4(2)5;1-3(2)4;1-2-3/h5H,3-4H2,1-2H3;3H2,1-2H3;1-2H3;3H,2H2,1H3. The predicted molar refractivity (Wildman–Crippen MR) is 75.6 cm³/mol. The lowest BCUT2D eigenvalue weighted by atomic mass is 10.6. The second-order valence-corrected chi connectivity index (χ2v) is 3.11. The SMILES string of the molecule is CC(C)=O.CCNCC.CCO.CCOC(C)=O. The molecule has 0 bridgehead atoms. The monoisotopic (exact) mass is 265 g/mol. The molecule has 0 amide bonds. The Balaban J connectivity index is -0.0000000750. The van der Waals surface area contributed by atoms with Crippen LogP contribution in [-0.4, -0.2) is 43.2 Å². The normalized spacial score (nSPS) is 7.33. The number of carbonyl (C=O) groups is 2. The van der Waals surface area contributed by atoms with Crippen LogP contribution >= 0.6 is 0 Å². The molecule has 0 unspecified atom stereocenters. The molecule has 0 spiro atoms. The molecule has 18 heavy (non-hydrogen) atoms. The Labute approximate surface area is 112 Å². The number of aliphatic hydroxyl groups is 1. The molecule has 0 saturated carbocycles. The number of hydrogen-bond donors (Lipinski definition) is 2. The zero-order chi connectivity index (χ0) is 15.4. The van der Waals surface area contributed by atoms with Crippen LogP contribution in [0, 0.1) is 0 Å². The van der Waals surface area contributed by atoms with Crippen molar-refractivity contribution in [1.29, 1.82) is 0 Å². The van der Waals surface area contributed by atoms with Gasteiger partial charge in [0.2, 0.25) is 0 Å². The van der Waals surface area contributed by atoms with Gasteiger partial charge in [-0.2, -0.15) is 0 Å². The maximum absolute atomic E-state index is 9.82. The molecule has 0 radical (unpaired) electrons. The summed E-state index contributed by atoms with van der Waals surface area (Å²) in [6.07, 6.45) is 0. The van der Waals surface area contributed by atoms with Gasteiger partial charge >= 0.3 is 5.97 Å². The summed E-state index contributed by atoms with van der Waals surface area (Å²) in [6.45, 7) is 15.0. The van der Waals surface area contributed by atoms with Gasteiger partial charge in [0.25, 0.3) is 0 Å². The number of hydrogen-bond acceptors (Lipinski definition) is 5. The highest BCUT2D eigenvalue weighted by Crippen LogP contribution is 1.69. The lowest BCUT2D eigenvalue weighted by molar-refractivity contribution is -0.140. The number of carbonyl (C=O) groups excluding carboxylic acids is 2. The minimum atomic E-state index is -0.211. The Bertz CT molecular complexity index is 155. The van der Waals surface area contributed by atoms with Gasteiger partial charge in [-0.1, -0.05) is 13.8 Å². The third kappa shape index (κ3) is 181. The van der Waals surface area contributed by atoms with Crippen molar-refractivity contribution < 1.29 is 19.4 Å². The van der Waals surface area contributed by atoms with Gasteiger partial charge in [0.15, 0.2) is 0 Å². The van der Waals surface area contributed by atoms with E-state index in [-0.39, 0.29) is 18.4 Å². The molecule has 5 nitrogen and oxygen atoms in total. The van der Waals surface area contributed by atoms with E-state index >= 15 is 0 Å². The van der Waals surface area contributed by atoms with Crippen molar-refractivity contribution in [2.24, 2.45) is 0 Å². The lowest BCUT2D eigenvalue weighted by Crippen LogP contribution is -2.09. The number of nitrogens with one attached hydrogen (secondary N) is 1. The van der Waals surface area contributed by atoms with E-state index in [0.717, 1.165) is 13.1 Å². The molecule has 0 aromatic carbocycles. The third-order valence-corrected chi connectivity index (χ3v) is 0.848. The first-order valence-corrected chi connectivity index (χ1v) is 6.25. The maximum Gasteiger partial charge on any atom is 0.302 e. The van der Waals surface area contributed by atoms with Gasteiger partial charge in [0.05, 0.1) is 6.61 Å². The summed E-state index contributed by atoms with van der Waals surface area (Å²) < 4.78 is 4.40. The average Bonchev–Trinajstić information content (AvgIpc) is 2.19. The van der Waals surface area contributed by atoms with E-state index in [1.54, 1.807) is 13.8 Å². The molecule has 0 atom stereocenters. The van der Waals surface area contributed by atoms with Crippen LogP contribution in [0.15, 0.2) is 0 Å². The van der Waals surface area contributed by atoms with E-state index in [4.69, 9.17) is 5.11 Å². The summed E-state index contributed by atoms with van der Waals surface area (Å²) in [6, 6.07) is 0. The van der Waals surface area contributed by atoms with E-state index in [2.05, 4.69) is 23.9 Å². The summed E-state index contributed by atoms with van der Waals surface area (Å²) in [5.41, 5.74) is 0. The van der Waals surface area contributed by atoms with Gasteiger partial charge in [0, 0.05) is 13.5 Å². The highest BCUT2D eigenvalue weighted by atomic mass is 16.5. The van der Waals surface area contributed by atoms with Crippen molar-refractivity contribution in [3.63, 3.8) is 0 Å². The summed E-state index contributed by atoms with van der Waals surface area (Å²) in [5, 5.41) is 10.7. The molecule has 0 rings (SSSR count). The summed E-state index contributed by atoms with van der Waals surface area (Å²) in [4.78, 5) is 19.3. The molecule has 0 saturated heterocycles. The number of Topliss-reactive ketones (excluding diaryl/α,β-unsaturated/α-hetero) is 1. The Morgan fingerprint density at radius 2 is 1.28 bits per heavy atom. The first kappa shape index (κ1) is 25.8. The fraction of sp³-hybridized carbons (Fsp3) is 0.846. The molecule has 112 valence electrons. The van der Waals surface area contributed by atoms with Crippen molar-refractivity contribution >= 4 is 11.8 Å². The fourth-order valence-electron chi connectivity index (χ4n) is 0.453. The molecule has 0 aromatic heterocycles. The third-order valence-electron chi connectivity index (χ3n) is 0.848. The zero-order valence-corrected chi connectivity index (χ0v) is 13.0. The van der Waals surface area contributed by atoms with Crippen LogP contribution in [0.4, 0.5) is 0 Å². The number of aliphatic hydroxyl groups excluding tert-OH is 1. The first-order chi connectivity index (χ1) is 8.33. The van der Waals surface area contributed by atoms with Gasteiger partial charge in [-0.05, 0) is 40.8 Å². The molecule has 2 N–H and O–H groups in total. The van der Waals surface area contributed by atoms with Crippen LogP contribution in [0.2, 0.25) is 0 Å². The van der Waals surface area contributed by atoms with Gasteiger partial charge in [-0.3, -0.25) is 4.79 Å². The van der Waals surface area contributed by atoms with Crippen molar-refractivity contribution in [2.75, 3.05) is 26.3 Å². The van der Waals surface area contributed by atoms with Crippen LogP contribution < -0.4 is 5.32 Å². The summed E-state index contributed by atoms with van der Waals surface area (Å²) in [7, 11) is 0. The minimum absolute atomic E-state index is 0.167. The second kappa shape index (κ2) is 29.8. The van der Waals surface area contributed by atoms with Crippen LogP contribution in [-0.2, 0) is 14.3 Å². The fourth-order valence-corrected chi connectivity index (χ4v) is 0.453. The van der Waals surface area contributed by atoms with Crippen molar-refractivity contribution in [3.05, 3.63) is 0 Å². The number of esters is 1. The van der Waals surface area contributed by atoms with E-state index < -0.39 is 0 Å². The maximum atomic E-state index is 9.82. The predicted octanol–water partition coefficient (Wildman–Crippen LogP) is 1.78. The Hall–Kier alpha value is -0.940. The van der Waals surface area contributed by atoms with Gasteiger partial charge in [0.1, 0.15) is 5.78 Å². The largest absolute Gasteiger partial charge is 0.466 e. The van der Waals surface area contributed by atoms with Crippen molar-refractivity contribution in [2.45, 2.75) is 48.5 Å². The van der Waals surface area contributed by atoms with Gasteiger partial charge in [-0.25, -0.2) is 0 Å². The van der Waals surface area contributed by atoms with Crippen LogP contribution in [0.5, 0.6) is 0 Å². The number of ether oxygens (including phenoxy) is 1. The molecule has 5 heteroatoms. The molecule has 0 aliphatic carbocycles. The van der Waals surface area contributed by atoms with Crippen LogP contribution in [0.25, 0.3) is 0 Å². The Kier molecular flexibility index (Phi) is 42.7. The Morgan fingerprint density at radius 3 is 1.28 bits per heavy atom. The van der Waals surface area contributed by atoms with Gasteiger partial charge < -0.3 is 20.0 Å². The van der Waals surface area contributed by atoms with E-state index in [9.17, 15) is 9.59 Å². The highest BCUT2D eigenvalue weighted by Gasteiger charge is 1.81. The Morgan fingerprint density at radius 1 is 1.00 bits per heavy atom. The molecule has 0 aliphatic rings. The zero-order valence-electron chi connectivity index (χ0n) is 13.0. The average molecular weight is 265 g/mol.